The Bertz CT molecular complexity index is 438. The van der Waals surface area contributed by atoms with Crippen LogP contribution in [0.2, 0.25) is 0 Å². The molecule has 0 spiro atoms. The molecule has 1 N–H and O–H groups in total. The van der Waals surface area contributed by atoms with Crippen LogP contribution in [0.4, 0.5) is 17.6 Å². The average molecular weight is 275 g/mol. The summed E-state index contributed by atoms with van der Waals surface area (Å²) in [6.07, 6.45) is -0.266. The van der Waals surface area contributed by atoms with Gasteiger partial charge in [-0.2, -0.15) is 13.2 Å². The molecule has 1 aromatic rings. The van der Waals surface area contributed by atoms with Gasteiger partial charge in [-0.25, -0.2) is 4.39 Å². The van der Waals surface area contributed by atoms with Gasteiger partial charge in [-0.05, 0) is 37.1 Å². The number of alkyl halides is 3. The van der Waals surface area contributed by atoms with E-state index in [4.69, 9.17) is 0 Å². The number of hydrogen-bond donors (Lipinski definition) is 1. The summed E-state index contributed by atoms with van der Waals surface area (Å²) in [6.45, 7) is 0. The van der Waals surface area contributed by atoms with Crippen LogP contribution in [-0.4, -0.2) is 7.05 Å². The van der Waals surface area contributed by atoms with Crippen LogP contribution >= 0.6 is 0 Å². The van der Waals surface area contributed by atoms with E-state index in [2.05, 4.69) is 5.32 Å². The first-order valence-corrected chi connectivity index (χ1v) is 6.45. The summed E-state index contributed by atoms with van der Waals surface area (Å²) in [5.74, 6) is -0.596. The maximum absolute atomic E-state index is 13.5. The van der Waals surface area contributed by atoms with Crippen LogP contribution in [0.25, 0.3) is 0 Å². The van der Waals surface area contributed by atoms with Crippen molar-refractivity contribution < 1.29 is 17.6 Å². The van der Waals surface area contributed by atoms with Crippen LogP contribution in [0.1, 0.15) is 42.9 Å². The molecule has 0 aromatic heterocycles. The summed E-state index contributed by atoms with van der Waals surface area (Å²) in [5.41, 5.74) is -0.616. The highest BCUT2D eigenvalue weighted by Crippen LogP contribution is 2.36. The summed E-state index contributed by atoms with van der Waals surface area (Å²) < 4.78 is 51.0. The van der Waals surface area contributed by atoms with Crippen LogP contribution < -0.4 is 5.32 Å². The van der Waals surface area contributed by atoms with Crippen molar-refractivity contribution in [3.05, 3.63) is 35.1 Å². The molecule has 2 rings (SSSR count). The van der Waals surface area contributed by atoms with E-state index in [0.717, 1.165) is 31.4 Å². The van der Waals surface area contributed by atoms with Crippen LogP contribution in [0.15, 0.2) is 18.2 Å². The lowest BCUT2D eigenvalue weighted by atomic mass is 9.79. The first kappa shape index (κ1) is 14.3. The van der Waals surface area contributed by atoms with Gasteiger partial charge in [0.15, 0.2) is 0 Å². The third-order valence-electron chi connectivity index (χ3n) is 3.84. The van der Waals surface area contributed by atoms with E-state index in [0.29, 0.717) is 11.5 Å². The molecular weight excluding hydrogens is 258 g/mol. The Labute approximate surface area is 110 Å². The van der Waals surface area contributed by atoms with E-state index in [1.807, 2.05) is 0 Å². The van der Waals surface area contributed by atoms with Gasteiger partial charge < -0.3 is 5.32 Å². The zero-order valence-electron chi connectivity index (χ0n) is 10.7. The fraction of sp³-hybridized carbons (Fsp3) is 0.571. The molecule has 1 fully saturated rings. The maximum atomic E-state index is 13.5. The molecular formula is C14H17F4N. The molecule has 1 nitrogen and oxygen atoms in total. The SMILES string of the molecule is CNC(CC1CCC1)c1ccc(C(F)(F)F)c(F)c1. The highest BCUT2D eigenvalue weighted by atomic mass is 19.4. The Morgan fingerprint density at radius 2 is 2.00 bits per heavy atom. The Kier molecular flexibility index (Phi) is 4.13. The van der Waals surface area contributed by atoms with Crippen molar-refractivity contribution in [2.24, 2.45) is 5.92 Å². The van der Waals surface area contributed by atoms with Crippen molar-refractivity contribution in [2.75, 3.05) is 7.05 Å². The van der Waals surface area contributed by atoms with Crippen molar-refractivity contribution in [1.29, 1.82) is 0 Å². The normalized spacial score (nSPS) is 18.2. The molecule has 1 aliphatic rings. The second-order valence-electron chi connectivity index (χ2n) is 5.11. The molecule has 19 heavy (non-hydrogen) atoms. The molecule has 0 saturated heterocycles. The molecule has 106 valence electrons. The zero-order valence-corrected chi connectivity index (χ0v) is 10.7. The average Bonchev–Trinajstić information content (AvgIpc) is 2.26. The topological polar surface area (TPSA) is 12.0 Å². The summed E-state index contributed by atoms with van der Waals surface area (Å²) in [4.78, 5) is 0. The van der Waals surface area contributed by atoms with Crippen LogP contribution in [0, 0.1) is 11.7 Å². The van der Waals surface area contributed by atoms with Gasteiger partial charge in [0.2, 0.25) is 0 Å². The fourth-order valence-corrected chi connectivity index (χ4v) is 2.46. The third kappa shape index (κ3) is 3.26. The molecule has 0 heterocycles. The molecule has 1 aliphatic carbocycles. The largest absolute Gasteiger partial charge is 0.419 e. The van der Waals surface area contributed by atoms with E-state index >= 15 is 0 Å². The number of benzene rings is 1. The summed E-state index contributed by atoms with van der Waals surface area (Å²) in [6, 6.07) is 3.12. The van der Waals surface area contributed by atoms with Crippen molar-refractivity contribution in [3.8, 4) is 0 Å². The number of nitrogens with one attached hydrogen (secondary N) is 1. The Balaban J connectivity index is 2.17. The van der Waals surface area contributed by atoms with Gasteiger partial charge in [0.1, 0.15) is 5.82 Å². The highest BCUT2D eigenvalue weighted by Gasteiger charge is 2.34. The van der Waals surface area contributed by atoms with Gasteiger partial charge in [0.05, 0.1) is 5.56 Å². The predicted molar refractivity (Wildman–Crippen MR) is 65.2 cm³/mol. The standard InChI is InChI=1S/C14H17F4N/c1-19-13(7-9-3-2-4-9)10-5-6-11(12(15)8-10)14(16,17)18/h5-6,8-9,13,19H,2-4,7H2,1H3. The number of halogens is 4. The Morgan fingerprint density at radius 1 is 1.32 bits per heavy atom. The number of hydrogen-bond acceptors (Lipinski definition) is 1. The second-order valence-corrected chi connectivity index (χ2v) is 5.11. The molecule has 1 saturated carbocycles. The van der Waals surface area contributed by atoms with Crippen LogP contribution in [0.5, 0.6) is 0 Å². The van der Waals surface area contributed by atoms with Gasteiger partial charge in [-0.1, -0.05) is 25.3 Å². The van der Waals surface area contributed by atoms with E-state index in [9.17, 15) is 17.6 Å². The van der Waals surface area contributed by atoms with Crippen LogP contribution in [0.3, 0.4) is 0 Å². The van der Waals surface area contributed by atoms with Crippen molar-refractivity contribution in [3.63, 3.8) is 0 Å². The van der Waals surface area contributed by atoms with E-state index in [1.54, 1.807) is 7.05 Å². The predicted octanol–water partition coefficient (Wildman–Crippen LogP) is 4.30. The minimum atomic E-state index is -4.63. The van der Waals surface area contributed by atoms with E-state index < -0.39 is 17.6 Å². The van der Waals surface area contributed by atoms with Crippen molar-refractivity contribution >= 4 is 0 Å². The third-order valence-corrected chi connectivity index (χ3v) is 3.84. The molecule has 0 amide bonds. The minimum absolute atomic E-state index is 0.0814. The van der Waals surface area contributed by atoms with Crippen molar-refractivity contribution in [1.82, 2.24) is 5.32 Å². The van der Waals surface area contributed by atoms with Gasteiger partial charge in [-0.15, -0.1) is 0 Å². The molecule has 5 heteroatoms. The van der Waals surface area contributed by atoms with Gasteiger partial charge in [-0.3, -0.25) is 0 Å². The second kappa shape index (κ2) is 5.49. The molecule has 0 aliphatic heterocycles. The Hall–Kier alpha value is -1.10. The van der Waals surface area contributed by atoms with Gasteiger partial charge >= 0.3 is 6.18 Å². The highest BCUT2D eigenvalue weighted by molar-refractivity contribution is 5.28. The summed E-state index contributed by atoms with van der Waals surface area (Å²) >= 11 is 0. The summed E-state index contributed by atoms with van der Waals surface area (Å²) in [5, 5.41) is 3.05. The lowest BCUT2D eigenvalue weighted by Gasteiger charge is -2.30. The molecule has 1 aromatic carbocycles. The maximum Gasteiger partial charge on any atom is 0.419 e. The smallest absolute Gasteiger partial charge is 0.313 e. The van der Waals surface area contributed by atoms with Crippen molar-refractivity contribution in [2.45, 2.75) is 37.9 Å². The lowest BCUT2D eigenvalue weighted by molar-refractivity contribution is -0.140. The zero-order chi connectivity index (χ0) is 14.0. The van der Waals surface area contributed by atoms with Gasteiger partial charge in [0.25, 0.3) is 0 Å². The summed E-state index contributed by atoms with van der Waals surface area (Å²) in [7, 11) is 1.75. The van der Waals surface area contributed by atoms with E-state index in [1.165, 1.54) is 12.5 Å². The first-order valence-electron chi connectivity index (χ1n) is 6.45. The minimum Gasteiger partial charge on any atom is -0.313 e. The molecule has 0 radical (unpaired) electrons. The first-order chi connectivity index (χ1) is 8.91. The number of rotatable bonds is 4. The van der Waals surface area contributed by atoms with Crippen LogP contribution in [-0.2, 0) is 6.18 Å². The Morgan fingerprint density at radius 3 is 2.42 bits per heavy atom. The lowest BCUT2D eigenvalue weighted by Crippen LogP contribution is -2.23. The molecule has 1 unspecified atom stereocenters. The fourth-order valence-electron chi connectivity index (χ4n) is 2.46. The van der Waals surface area contributed by atoms with E-state index in [-0.39, 0.29) is 6.04 Å². The quantitative estimate of drug-likeness (QED) is 0.808. The molecule has 0 bridgehead atoms. The monoisotopic (exact) mass is 275 g/mol. The van der Waals surface area contributed by atoms with Gasteiger partial charge in [0, 0.05) is 6.04 Å². The molecule has 1 atom stereocenters.